The molecule has 3 heteroatoms. The molecular weight excluding hydrogens is 254 g/mol. The zero-order valence-electron chi connectivity index (χ0n) is 10.5. The van der Waals surface area contributed by atoms with Crippen molar-refractivity contribution in [1.29, 1.82) is 0 Å². The van der Waals surface area contributed by atoms with Crippen LogP contribution in [-0.2, 0) is 12.8 Å². The van der Waals surface area contributed by atoms with Gasteiger partial charge in [0, 0.05) is 16.5 Å². The highest BCUT2D eigenvalue weighted by molar-refractivity contribution is 7.80. The topological polar surface area (TPSA) is 29.1 Å². The smallest absolute Gasteiger partial charge is 0.251 e. The zero-order chi connectivity index (χ0) is 13.2. The summed E-state index contributed by atoms with van der Waals surface area (Å²) in [6.07, 6.45) is 1.85. The van der Waals surface area contributed by atoms with E-state index in [0.29, 0.717) is 5.56 Å². The van der Waals surface area contributed by atoms with Crippen LogP contribution in [0.5, 0.6) is 0 Å². The second-order valence-corrected chi connectivity index (χ2v) is 5.41. The number of carbonyl (C=O) groups excluding carboxylic acids is 1. The Labute approximate surface area is 118 Å². The number of fused-ring (bicyclic) bond motifs is 1. The molecule has 0 radical (unpaired) electrons. The molecule has 1 N–H and O–H groups in total. The molecule has 0 aromatic heterocycles. The second-order valence-electron chi connectivity index (χ2n) is 4.89. The lowest BCUT2D eigenvalue weighted by molar-refractivity contribution is 0.0938. The Kier molecular flexibility index (Phi) is 3.30. The predicted octanol–water partition coefficient (Wildman–Crippen LogP) is 2.87. The molecule has 96 valence electrons. The van der Waals surface area contributed by atoms with Gasteiger partial charge in [-0.15, -0.1) is 12.6 Å². The molecule has 1 aliphatic rings. The maximum Gasteiger partial charge on any atom is 0.251 e. The van der Waals surface area contributed by atoms with Crippen LogP contribution in [0.1, 0.15) is 21.5 Å². The quantitative estimate of drug-likeness (QED) is 0.807. The van der Waals surface area contributed by atoms with Gasteiger partial charge in [-0.2, -0.15) is 0 Å². The van der Waals surface area contributed by atoms with Crippen molar-refractivity contribution in [3.8, 4) is 0 Å². The molecule has 0 atom stereocenters. The van der Waals surface area contributed by atoms with Gasteiger partial charge in [0.15, 0.2) is 0 Å². The first kappa shape index (κ1) is 12.3. The van der Waals surface area contributed by atoms with Gasteiger partial charge >= 0.3 is 0 Å². The van der Waals surface area contributed by atoms with Crippen molar-refractivity contribution < 1.29 is 4.79 Å². The number of hydrogen-bond donors (Lipinski definition) is 2. The minimum Gasteiger partial charge on any atom is -0.349 e. The van der Waals surface area contributed by atoms with Crippen molar-refractivity contribution in [2.75, 3.05) is 0 Å². The molecule has 1 amide bonds. The molecule has 0 saturated heterocycles. The fourth-order valence-corrected chi connectivity index (χ4v) is 2.69. The van der Waals surface area contributed by atoms with Gasteiger partial charge in [0.1, 0.15) is 0 Å². The van der Waals surface area contributed by atoms with E-state index in [0.717, 1.165) is 17.7 Å². The van der Waals surface area contributed by atoms with Crippen molar-refractivity contribution in [2.45, 2.75) is 23.8 Å². The largest absolute Gasteiger partial charge is 0.349 e. The SMILES string of the molecule is O=C(NC1Cc2ccccc2C1)c1ccc(S)cc1. The number of hydrogen-bond acceptors (Lipinski definition) is 2. The van der Waals surface area contributed by atoms with Crippen LogP contribution in [0, 0.1) is 0 Å². The third-order valence-electron chi connectivity index (χ3n) is 3.52. The lowest BCUT2D eigenvalue weighted by atomic mass is 10.1. The minimum atomic E-state index is -0.00820. The van der Waals surface area contributed by atoms with Crippen LogP contribution in [0.2, 0.25) is 0 Å². The van der Waals surface area contributed by atoms with Crippen molar-refractivity contribution in [2.24, 2.45) is 0 Å². The fourth-order valence-electron chi connectivity index (χ4n) is 2.54. The van der Waals surface area contributed by atoms with Crippen LogP contribution in [0.4, 0.5) is 0 Å². The van der Waals surface area contributed by atoms with E-state index in [4.69, 9.17) is 0 Å². The van der Waals surface area contributed by atoms with E-state index in [2.05, 4.69) is 42.2 Å². The van der Waals surface area contributed by atoms with Gasteiger partial charge in [-0.3, -0.25) is 4.79 Å². The van der Waals surface area contributed by atoms with Crippen molar-refractivity contribution in [3.63, 3.8) is 0 Å². The number of rotatable bonds is 2. The van der Waals surface area contributed by atoms with Crippen LogP contribution in [0.15, 0.2) is 53.4 Å². The molecule has 0 heterocycles. The molecule has 0 aliphatic heterocycles. The number of nitrogens with one attached hydrogen (secondary N) is 1. The summed E-state index contributed by atoms with van der Waals surface area (Å²) in [4.78, 5) is 13.0. The van der Waals surface area contributed by atoms with E-state index in [1.54, 1.807) is 12.1 Å². The molecule has 0 fully saturated rings. The standard InChI is InChI=1S/C16H15NOS/c18-16(11-5-7-15(19)8-6-11)17-14-9-12-3-1-2-4-13(12)10-14/h1-8,14,19H,9-10H2,(H,17,18). The summed E-state index contributed by atoms with van der Waals surface area (Å²) in [6, 6.07) is 15.9. The number of amides is 1. The van der Waals surface area contributed by atoms with Crippen molar-refractivity contribution in [3.05, 3.63) is 65.2 Å². The number of thiol groups is 1. The summed E-state index contributed by atoms with van der Waals surface area (Å²) in [5, 5.41) is 3.10. The average Bonchev–Trinajstić information content (AvgIpc) is 2.81. The first-order chi connectivity index (χ1) is 9.22. The Bertz CT molecular complexity index is 581. The molecule has 2 aromatic rings. The third kappa shape index (κ3) is 2.66. The van der Waals surface area contributed by atoms with Crippen LogP contribution in [-0.4, -0.2) is 11.9 Å². The normalized spacial score (nSPS) is 14.2. The molecule has 2 nitrogen and oxygen atoms in total. The van der Waals surface area contributed by atoms with Crippen molar-refractivity contribution >= 4 is 18.5 Å². The van der Waals surface area contributed by atoms with Gasteiger partial charge in [-0.25, -0.2) is 0 Å². The Morgan fingerprint density at radius 3 is 2.16 bits per heavy atom. The predicted molar refractivity (Wildman–Crippen MR) is 78.8 cm³/mol. The van der Waals surface area contributed by atoms with Gasteiger partial charge in [-0.1, -0.05) is 24.3 Å². The fraction of sp³-hybridized carbons (Fsp3) is 0.188. The highest BCUT2D eigenvalue weighted by Gasteiger charge is 2.22. The third-order valence-corrected chi connectivity index (χ3v) is 3.81. The molecule has 1 aliphatic carbocycles. The lowest BCUT2D eigenvalue weighted by Gasteiger charge is -2.12. The van der Waals surface area contributed by atoms with Crippen LogP contribution < -0.4 is 5.32 Å². The van der Waals surface area contributed by atoms with Crippen molar-refractivity contribution in [1.82, 2.24) is 5.32 Å². The van der Waals surface area contributed by atoms with Crippen LogP contribution in [0.25, 0.3) is 0 Å². The van der Waals surface area contributed by atoms with Crippen LogP contribution >= 0.6 is 12.6 Å². The molecule has 0 saturated carbocycles. The Hall–Kier alpha value is -1.74. The van der Waals surface area contributed by atoms with Gasteiger partial charge in [0.25, 0.3) is 5.91 Å². The summed E-state index contributed by atoms with van der Waals surface area (Å²) >= 11 is 4.22. The molecule has 0 spiro atoms. The summed E-state index contributed by atoms with van der Waals surface area (Å²) in [7, 11) is 0. The highest BCUT2D eigenvalue weighted by atomic mass is 32.1. The molecule has 19 heavy (non-hydrogen) atoms. The first-order valence-electron chi connectivity index (χ1n) is 6.39. The van der Waals surface area contributed by atoms with Gasteiger partial charge < -0.3 is 5.32 Å². The summed E-state index contributed by atoms with van der Waals surface area (Å²) in [6.45, 7) is 0. The van der Waals surface area contributed by atoms with E-state index < -0.39 is 0 Å². The van der Waals surface area contributed by atoms with Crippen LogP contribution in [0.3, 0.4) is 0 Å². The zero-order valence-corrected chi connectivity index (χ0v) is 11.4. The highest BCUT2D eigenvalue weighted by Crippen LogP contribution is 2.21. The minimum absolute atomic E-state index is 0.00820. The summed E-state index contributed by atoms with van der Waals surface area (Å²) < 4.78 is 0. The Balaban J connectivity index is 1.67. The van der Waals surface area contributed by atoms with Gasteiger partial charge in [-0.05, 0) is 48.2 Å². The number of benzene rings is 2. The molecule has 0 unspecified atom stereocenters. The summed E-state index contributed by atoms with van der Waals surface area (Å²) in [5.41, 5.74) is 3.38. The Morgan fingerprint density at radius 1 is 1.00 bits per heavy atom. The Morgan fingerprint density at radius 2 is 1.58 bits per heavy atom. The summed E-state index contributed by atoms with van der Waals surface area (Å²) in [5.74, 6) is -0.00820. The maximum absolute atomic E-state index is 12.1. The molecule has 3 rings (SSSR count). The van der Waals surface area contributed by atoms with E-state index in [1.807, 2.05) is 12.1 Å². The number of carbonyl (C=O) groups is 1. The molecular formula is C16H15NOS. The monoisotopic (exact) mass is 269 g/mol. The molecule has 2 aromatic carbocycles. The van der Waals surface area contributed by atoms with E-state index in [9.17, 15) is 4.79 Å². The average molecular weight is 269 g/mol. The maximum atomic E-state index is 12.1. The second kappa shape index (κ2) is 5.10. The van der Waals surface area contributed by atoms with E-state index in [1.165, 1.54) is 11.1 Å². The lowest BCUT2D eigenvalue weighted by Crippen LogP contribution is -2.35. The first-order valence-corrected chi connectivity index (χ1v) is 6.84. The molecule has 0 bridgehead atoms. The van der Waals surface area contributed by atoms with Gasteiger partial charge in [0.2, 0.25) is 0 Å². The van der Waals surface area contributed by atoms with E-state index in [-0.39, 0.29) is 11.9 Å². The van der Waals surface area contributed by atoms with E-state index >= 15 is 0 Å². The van der Waals surface area contributed by atoms with Gasteiger partial charge in [0.05, 0.1) is 0 Å².